The summed E-state index contributed by atoms with van der Waals surface area (Å²) in [5.41, 5.74) is 1.23. The number of hydrogen-bond acceptors (Lipinski definition) is 5. The molecule has 1 aromatic rings. The maximum absolute atomic E-state index is 5.70. The molecule has 1 N–H and O–H groups in total. The van der Waals surface area contributed by atoms with E-state index in [1.165, 1.54) is 23.5 Å². The van der Waals surface area contributed by atoms with Gasteiger partial charge in [-0.1, -0.05) is 0 Å². The van der Waals surface area contributed by atoms with E-state index in [0.717, 1.165) is 51.7 Å². The van der Waals surface area contributed by atoms with Crippen LogP contribution in [0.2, 0.25) is 0 Å². The highest BCUT2D eigenvalue weighted by Gasteiger charge is 2.21. The van der Waals surface area contributed by atoms with Crippen molar-refractivity contribution in [2.24, 2.45) is 0 Å². The van der Waals surface area contributed by atoms with E-state index in [1.54, 1.807) is 11.3 Å². The number of nitrogens with one attached hydrogen (secondary N) is 1. The summed E-state index contributed by atoms with van der Waals surface area (Å²) in [5, 5.41) is 6.98. The summed E-state index contributed by atoms with van der Waals surface area (Å²) in [6.45, 7) is 7.14. The van der Waals surface area contributed by atoms with Crippen LogP contribution >= 0.6 is 11.3 Å². The molecule has 3 rings (SSSR count). The zero-order valence-electron chi connectivity index (χ0n) is 12.3. The van der Waals surface area contributed by atoms with Crippen molar-refractivity contribution in [3.05, 3.63) is 16.1 Å². The smallest absolute Gasteiger partial charge is 0.107 e. The molecule has 2 heterocycles. The molecule has 1 saturated carbocycles. The minimum absolute atomic E-state index is 0.477. The first-order chi connectivity index (χ1) is 9.83. The number of aromatic nitrogens is 1. The van der Waals surface area contributed by atoms with Gasteiger partial charge in [-0.2, -0.15) is 0 Å². The quantitative estimate of drug-likeness (QED) is 0.838. The van der Waals surface area contributed by atoms with Gasteiger partial charge in [-0.3, -0.25) is 4.90 Å². The van der Waals surface area contributed by atoms with Crippen LogP contribution in [0.15, 0.2) is 5.38 Å². The fourth-order valence-corrected chi connectivity index (χ4v) is 3.46. The van der Waals surface area contributed by atoms with Gasteiger partial charge >= 0.3 is 0 Å². The monoisotopic (exact) mass is 295 g/mol. The zero-order chi connectivity index (χ0) is 13.8. The van der Waals surface area contributed by atoms with Crippen LogP contribution in [0.4, 0.5) is 0 Å². The number of likely N-dealkylation sites (tertiary alicyclic amines) is 1. The average Bonchev–Trinajstić information content (AvgIpc) is 3.19. The molecular formula is C15H25N3OS. The molecule has 0 radical (unpaired) electrons. The number of rotatable bonds is 7. The van der Waals surface area contributed by atoms with E-state index in [9.17, 15) is 0 Å². The number of piperidine rings is 1. The number of nitrogens with zero attached hydrogens (tertiary/aromatic N) is 2. The fraction of sp³-hybridized carbons (Fsp3) is 0.800. The van der Waals surface area contributed by atoms with Crippen molar-refractivity contribution in [2.75, 3.05) is 19.7 Å². The third-order valence-electron chi connectivity index (χ3n) is 4.04. The second-order valence-electron chi connectivity index (χ2n) is 5.82. The van der Waals surface area contributed by atoms with Crippen molar-refractivity contribution < 1.29 is 4.74 Å². The van der Waals surface area contributed by atoms with Crippen molar-refractivity contribution >= 4 is 11.3 Å². The van der Waals surface area contributed by atoms with E-state index in [-0.39, 0.29) is 0 Å². The molecule has 4 nitrogen and oxygen atoms in total. The maximum Gasteiger partial charge on any atom is 0.107 e. The lowest BCUT2D eigenvalue weighted by Gasteiger charge is -2.31. The summed E-state index contributed by atoms with van der Waals surface area (Å²) in [6.07, 6.45) is 5.48. The zero-order valence-corrected chi connectivity index (χ0v) is 13.1. The standard InChI is InChI=1S/C15H25N3OS/c1-2-19-14-5-7-18(8-6-14)10-13-11-20-15(17-13)9-16-12-3-4-12/h11-12,14,16H,2-10H2,1H3. The van der Waals surface area contributed by atoms with E-state index in [2.05, 4.69) is 22.5 Å². The van der Waals surface area contributed by atoms with Crippen LogP contribution in [0.3, 0.4) is 0 Å². The Balaban J connectivity index is 1.41. The molecule has 5 heteroatoms. The van der Waals surface area contributed by atoms with Crippen LogP contribution in [0.5, 0.6) is 0 Å². The first-order valence-corrected chi connectivity index (χ1v) is 8.72. The molecule has 0 aromatic carbocycles. The second kappa shape index (κ2) is 6.98. The summed E-state index contributed by atoms with van der Waals surface area (Å²) in [7, 11) is 0. The minimum atomic E-state index is 0.477. The summed E-state index contributed by atoms with van der Waals surface area (Å²) in [5.74, 6) is 0. The third kappa shape index (κ3) is 4.25. The van der Waals surface area contributed by atoms with Crippen molar-refractivity contribution in [3.8, 4) is 0 Å². The predicted octanol–water partition coefficient (Wildman–Crippen LogP) is 2.40. The van der Waals surface area contributed by atoms with Crippen LogP contribution in [-0.4, -0.2) is 41.7 Å². The summed E-state index contributed by atoms with van der Waals surface area (Å²) >= 11 is 1.79. The Bertz CT molecular complexity index is 411. The minimum Gasteiger partial charge on any atom is -0.378 e. The molecule has 2 aliphatic rings. The molecule has 0 bridgehead atoms. The van der Waals surface area contributed by atoms with Crippen LogP contribution in [0.25, 0.3) is 0 Å². The van der Waals surface area contributed by atoms with Gasteiger partial charge in [-0.25, -0.2) is 4.98 Å². The maximum atomic E-state index is 5.70. The highest BCUT2D eigenvalue weighted by atomic mass is 32.1. The van der Waals surface area contributed by atoms with Crippen molar-refractivity contribution in [1.82, 2.24) is 15.2 Å². The number of thiazole rings is 1. The molecule has 0 atom stereocenters. The van der Waals surface area contributed by atoms with Crippen molar-refractivity contribution in [1.29, 1.82) is 0 Å². The average molecular weight is 295 g/mol. The largest absolute Gasteiger partial charge is 0.378 e. The lowest BCUT2D eigenvalue weighted by Crippen LogP contribution is -2.36. The van der Waals surface area contributed by atoms with Gasteiger partial charge < -0.3 is 10.1 Å². The van der Waals surface area contributed by atoms with Gasteiger partial charge in [0, 0.05) is 44.2 Å². The summed E-state index contributed by atoms with van der Waals surface area (Å²) in [4.78, 5) is 7.25. The first kappa shape index (κ1) is 14.4. The van der Waals surface area contributed by atoms with Crippen molar-refractivity contribution in [2.45, 2.75) is 57.8 Å². The normalized spacial score (nSPS) is 21.4. The van der Waals surface area contributed by atoms with Gasteiger partial charge in [0.25, 0.3) is 0 Å². The second-order valence-corrected chi connectivity index (χ2v) is 6.76. The molecule has 112 valence electrons. The lowest BCUT2D eigenvalue weighted by atomic mass is 10.1. The van der Waals surface area contributed by atoms with E-state index in [1.807, 2.05) is 0 Å². The fourth-order valence-electron chi connectivity index (χ4n) is 2.72. The molecule has 1 aliphatic carbocycles. The van der Waals surface area contributed by atoms with Crippen LogP contribution < -0.4 is 5.32 Å². The Morgan fingerprint density at radius 3 is 2.85 bits per heavy atom. The Morgan fingerprint density at radius 1 is 1.35 bits per heavy atom. The van der Waals surface area contributed by atoms with Gasteiger partial charge in [0.15, 0.2) is 0 Å². The molecule has 1 aromatic heterocycles. The van der Waals surface area contributed by atoms with Gasteiger partial charge in [0.2, 0.25) is 0 Å². The molecule has 0 amide bonds. The van der Waals surface area contributed by atoms with Crippen LogP contribution in [0, 0.1) is 0 Å². The number of hydrogen-bond donors (Lipinski definition) is 1. The molecule has 0 unspecified atom stereocenters. The van der Waals surface area contributed by atoms with Gasteiger partial charge in [0.1, 0.15) is 5.01 Å². The highest BCUT2D eigenvalue weighted by Crippen LogP contribution is 2.21. The van der Waals surface area contributed by atoms with Gasteiger partial charge in [-0.05, 0) is 32.6 Å². The lowest BCUT2D eigenvalue weighted by molar-refractivity contribution is 0.0123. The van der Waals surface area contributed by atoms with Gasteiger partial charge in [-0.15, -0.1) is 11.3 Å². The Labute approximate surface area is 125 Å². The third-order valence-corrected chi connectivity index (χ3v) is 4.94. The van der Waals surface area contributed by atoms with E-state index in [0.29, 0.717) is 6.10 Å². The van der Waals surface area contributed by atoms with Gasteiger partial charge in [0.05, 0.1) is 11.8 Å². The Hall–Kier alpha value is -0.490. The molecule has 20 heavy (non-hydrogen) atoms. The summed E-state index contributed by atoms with van der Waals surface area (Å²) < 4.78 is 5.70. The molecule has 2 fully saturated rings. The topological polar surface area (TPSA) is 37.4 Å². The van der Waals surface area contributed by atoms with Crippen LogP contribution in [-0.2, 0) is 17.8 Å². The predicted molar refractivity (Wildman–Crippen MR) is 81.9 cm³/mol. The highest BCUT2D eigenvalue weighted by molar-refractivity contribution is 7.09. The molecular weight excluding hydrogens is 270 g/mol. The Morgan fingerprint density at radius 2 is 2.15 bits per heavy atom. The first-order valence-electron chi connectivity index (χ1n) is 7.84. The van der Waals surface area contributed by atoms with Crippen molar-refractivity contribution in [3.63, 3.8) is 0 Å². The van der Waals surface area contributed by atoms with Crippen LogP contribution in [0.1, 0.15) is 43.3 Å². The molecule has 0 spiro atoms. The Kier molecular flexibility index (Phi) is 5.04. The van der Waals surface area contributed by atoms with E-state index >= 15 is 0 Å². The summed E-state index contributed by atoms with van der Waals surface area (Å²) in [6, 6.07) is 0.764. The number of ether oxygens (including phenoxy) is 1. The van der Waals surface area contributed by atoms with E-state index < -0.39 is 0 Å². The molecule has 1 aliphatic heterocycles. The SMILES string of the molecule is CCOC1CCN(Cc2csc(CNC3CC3)n2)CC1. The molecule has 1 saturated heterocycles. The van der Waals surface area contributed by atoms with E-state index in [4.69, 9.17) is 9.72 Å².